The van der Waals surface area contributed by atoms with E-state index in [0.717, 1.165) is 0 Å². The predicted molar refractivity (Wildman–Crippen MR) is 68.2 cm³/mol. The third kappa shape index (κ3) is 2.15. The number of carbonyl (C=O) groups excluding carboxylic acids is 1. The van der Waals surface area contributed by atoms with E-state index in [1.165, 1.54) is 12.1 Å². The summed E-state index contributed by atoms with van der Waals surface area (Å²) in [5, 5.41) is 12.8. The molecule has 0 saturated heterocycles. The van der Waals surface area contributed by atoms with Crippen LogP contribution in [0.2, 0.25) is 0 Å². The summed E-state index contributed by atoms with van der Waals surface area (Å²) in [5.74, 6) is -0.867. The van der Waals surface area contributed by atoms with Crippen molar-refractivity contribution < 1.29 is 9.18 Å². The fraction of sp³-hybridized carbons (Fsp3) is 0. The van der Waals surface area contributed by atoms with Gasteiger partial charge in [0, 0.05) is 5.56 Å². The molecule has 0 aliphatic heterocycles. The molecule has 0 bridgehead atoms. The normalized spacial score (nSPS) is 10.6. The Balaban J connectivity index is 1.89. The Kier molecular flexibility index (Phi) is 2.68. The lowest BCUT2D eigenvalue weighted by atomic mass is 10.2. The average Bonchev–Trinajstić information content (AvgIpc) is 2.88. The second-order valence-corrected chi connectivity index (χ2v) is 3.96. The molecule has 2 N–H and O–H groups in total. The second kappa shape index (κ2) is 4.49. The van der Waals surface area contributed by atoms with Crippen LogP contribution in [0.25, 0.3) is 11.0 Å². The van der Waals surface area contributed by atoms with Gasteiger partial charge in [-0.1, -0.05) is 12.1 Å². The quantitative estimate of drug-likeness (QED) is 0.739. The fourth-order valence-corrected chi connectivity index (χ4v) is 1.74. The highest BCUT2D eigenvalue weighted by Gasteiger charge is 2.10. The Labute approximate surface area is 107 Å². The Hall–Kier alpha value is -2.76. The number of carbonyl (C=O) groups is 1. The summed E-state index contributed by atoms with van der Waals surface area (Å²) in [6.07, 6.45) is 0. The minimum atomic E-state index is -0.474. The van der Waals surface area contributed by atoms with Crippen LogP contribution in [-0.2, 0) is 0 Å². The first-order chi connectivity index (χ1) is 9.24. The van der Waals surface area contributed by atoms with Crippen LogP contribution >= 0.6 is 0 Å². The maximum Gasteiger partial charge on any atom is 0.255 e. The summed E-state index contributed by atoms with van der Waals surface area (Å²) in [6.45, 7) is 0. The number of aromatic amines is 1. The van der Waals surface area contributed by atoms with Gasteiger partial charge in [0.25, 0.3) is 5.91 Å². The van der Waals surface area contributed by atoms with Gasteiger partial charge in [0.1, 0.15) is 16.9 Å². The molecule has 0 atom stereocenters. The van der Waals surface area contributed by atoms with E-state index >= 15 is 0 Å². The molecule has 5 nitrogen and oxygen atoms in total. The molecule has 6 heteroatoms. The van der Waals surface area contributed by atoms with Crippen molar-refractivity contribution >= 4 is 22.6 Å². The summed E-state index contributed by atoms with van der Waals surface area (Å²) in [6, 6.07) is 10.9. The summed E-state index contributed by atoms with van der Waals surface area (Å²) in [4.78, 5) is 12.0. The van der Waals surface area contributed by atoms with Gasteiger partial charge in [0.2, 0.25) is 0 Å². The van der Waals surface area contributed by atoms with Crippen LogP contribution in [0.1, 0.15) is 10.4 Å². The average molecular weight is 256 g/mol. The molecule has 0 aliphatic rings. The van der Waals surface area contributed by atoms with Crippen molar-refractivity contribution in [2.24, 2.45) is 0 Å². The van der Waals surface area contributed by atoms with E-state index in [0.29, 0.717) is 16.6 Å². The molecule has 0 aliphatic carbocycles. The van der Waals surface area contributed by atoms with Crippen LogP contribution < -0.4 is 5.32 Å². The number of para-hydroxylation sites is 1. The largest absolute Gasteiger partial charge is 0.319 e. The van der Waals surface area contributed by atoms with Crippen LogP contribution in [0.5, 0.6) is 0 Å². The van der Waals surface area contributed by atoms with E-state index in [1.807, 2.05) is 0 Å². The number of nitrogens with zero attached hydrogens (tertiary/aromatic N) is 2. The van der Waals surface area contributed by atoms with Crippen LogP contribution in [0.4, 0.5) is 10.1 Å². The number of halogens is 1. The fourth-order valence-electron chi connectivity index (χ4n) is 1.74. The SMILES string of the molecule is O=C(Nc1ccccc1F)c1ccc2n[nH]nc2c1. The lowest BCUT2D eigenvalue weighted by molar-refractivity contribution is 0.102. The molecule has 19 heavy (non-hydrogen) atoms. The lowest BCUT2D eigenvalue weighted by Crippen LogP contribution is -2.12. The van der Waals surface area contributed by atoms with Crippen molar-refractivity contribution in [1.29, 1.82) is 0 Å². The van der Waals surface area contributed by atoms with E-state index < -0.39 is 11.7 Å². The minimum Gasteiger partial charge on any atom is -0.319 e. The van der Waals surface area contributed by atoms with Gasteiger partial charge in [-0.25, -0.2) is 4.39 Å². The van der Waals surface area contributed by atoms with Crippen LogP contribution in [0, 0.1) is 5.82 Å². The van der Waals surface area contributed by atoms with E-state index in [9.17, 15) is 9.18 Å². The third-order valence-electron chi connectivity index (χ3n) is 2.70. The van der Waals surface area contributed by atoms with Crippen molar-refractivity contribution in [2.45, 2.75) is 0 Å². The first-order valence-electron chi connectivity index (χ1n) is 5.60. The van der Waals surface area contributed by atoms with Crippen molar-refractivity contribution in [1.82, 2.24) is 15.4 Å². The number of nitrogens with one attached hydrogen (secondary N) is 2. The number of aromatic nitrogens is 3. The zero-order valence-electron chi connectivity index (χ0n) is 9.72. The van der Waals surface area contributed by atoms with E-state index in [4.69, 9.17) is 0 Å². The molecule has 94 valence electrons. The molecule has 0 unspecified atom stereocenters. The maximum atomic E-state index is 13.4. The maximum absolute atomic E-state index is 13.4. The third-order valence-corrected chi connectivity index (χ3v) is 2.70. The molecule has 1 heterocycles. The Bertz CT molecular complexity index is 753. The van der Waals surface area contributed by atoms with E-state index in [-0.39, 0.29) is 5.69 Å². The second-order valence-electron chi connectivity index (χ2n) is 3.96. The standard InChI is InChI=1S/C13H9FN4O/c14-9-3-1-2-4-10(9)15-13(19)8-5-6-11-12(7-8)17-18-16-11/h1-7H,(H,15,19)(H,16,17,18). The van der Waals surface area contributed by atoms with Gasteiger partial charge < -0.3 is 5.32 Å². The smallest absolute Gasteiger partial charge is 0.255 e. The molecule has 3 rings (SSSR count). The van der Waals surface area contributed by atoms with Gasteiger partial charge in [-0.3, -0.25) is 4.79 Å². The van der Waals surface area contributed by atoms with Crippen LogP contribution in [0.15, 0.2) is 42.5 Å². The minimum absolute atomic E-state index is 0.146. The Morgan fingerprint density at radius 1 is 1.11 bits per heavy atom. The Morgan fingerprint density at radius 2 is 1.89 bits per heavy atom. The number of H-pyrrole nitrogens is 1. The molecule has 1 amide bonds. The zero-order chi connectivity index (χ0) is 13.2. The number of hydrogen-bond acceptors (Lipinski definition) is 3. The summed E-state index contributed by atoms with van der Waals surface area (Å²) in [7, 11) is 0. The van der Waals surface area contributed by atoms with Gasteiger partial charge in [-0.15, -0.1) is 0 Å². The number of anilines is 1. The predicted octanol–water partition coefficient (Wildman–Crippen LogP) is 2.35. The molecule has 3 aromatic rings. The van der Waals surface area contributed by atoms with E-state index in [1.54, 1.807) is 30.3 Å². The van der Waals surface area contributed by atoms with Crippen molar-refractivity contribution in [2.75, 3.05) is 5.32 Å². The number of hydrogen-bond donors (Lipinski definition) is 2. The highest BCUT2D eigenvalue weighted by atomic mass is 19.1. The summed E-state index contributed by atoms with van der Waals surface area (Å²) >= 11 is 0. The number of amides is 1. The molecule has 0 radical (unpaired) electrons. The first-order valence-corrected chi connectivity index (χ1v) is 5.60. The van der Waals surface area contributed by atoms with Crippen molar-refractivity contribution in [3.05, 3.63) is 53.8 Å². The van der Waals surface area contributed by atoms with Crippen LogP contribution in [-0.4, -0.2) is 21.3 Å². The topological polar surface area (TPSA) is 70.7 Å². The number of rotatable bonds is 2. The first kappa shape index (κ1) is 11.3. The van der Waals surface area contributed by atoms with Gasteiger partial charge in [0.15, 0.2) is 0 Å². The molecule has 1 aromatic heterocycles. The molecule has 0 fully saturated rings. The lowest BCUT2D eigenvalue weighted by Gasteiger charge is -2.05. The highest BCUT2D eigenvalue weighted by molar-refractivity contribution is 6.05. The number of benzene rings is 2. The van der Waals surface area contributed by atoms with Gasteiger partial charge in [0.05, 0.1) is 5.69 Å². The van der Waals surface area contributed by atoms with Crippen molar-refractivity contribution in [3.8, 4) is 0 Å². The van der Waals surface area contributed by atoms with Gasteiger partial charge >= 0.3 is 0 Å². The highest BCUT2D eigenvalue weighted by Crippen LogP contribution is 2.15. The van der Waals surface area contributed by atoms with Crippen molar-refractivity contribution in [3.63, 3.8) is 0 Å². The van der Waals surface area contributed by atoms with Gasteiger partial charge in [-0.2, -0.15) is 15.4 Å². The molecule has 0 spiro atoms. The van der Waals surface area contributed by atoms with Crippen LogP contribution in [0.3, 0.4) is 0 Å². The molecule has 0 saturated carbocycles. The molecule has 2 aromatic carbocycles. The van der Waals surface area contributed by atoms with E-state index in [2.05, 4.69) is 20.7 Å². The molecular weight excluding hydrogens is 247 g/mol. The monoisotopic (exact) mass is 256 g/mol. The molecular formula is C13H9FN4O. The summed E-state index contributed by atoms with van der Waals surface area (Å²) in [5.41, 5.74) is 1.79. The number of fused-ring (bicyclic) bond motifs is 1. The zero-order valence-corrected chi connectivity index (χ0v) is 9.72. The Morgan fingerprint density at radius 3 is 2.74 bits per heavy atom. The van der Waals surface area contributed by atoms with Gasteiger partial charge in [-0.05, 0) is 30.3 Å². The summed E-state index contributed by atoms with van der Waals surface area (Å²) < 4.78 is 13.4.